The normalized spacial score (nSPS) is 19.3. The minimum Gasteiger partial charge on any atom is -0.399 e. The van der Waals surface area contributed by atoms with Crippen molar-refractivity contribution in [2.75, 3.05) is 18.9 Å². The van der Waals surface area contributed by atoms with Crippen molar-refractivity contribution in [1.82, 2.24) is 10.1 Å². The lowest BCUT2D eigenvalue weighted by Crippen LogP contribution is -1.99. The van der Waals surface area contributed by atoms with Crippen molar-refractivity contribution >= 4 is 21.6 Å². The van der Waals surface area contributed by atoms with Crippen LogP contribution < -0.4 is 5.73 Å². The van der Waals surface area contributed by atoms with Gasteiger partial charge in [-0.1, -0.05) is 21.1 Å². The number of hydrogen-bond acceptors (Lipinski definition) is 5. The summed E-state index contributed by atoms with van der Waals surface area (Å²) in [6.45, 7) is 1.43. The highest BCUT2D eigenvalue weighted by Gasteiger charge is 2.23. The maximum Gasteiger partial charge on any atom is 0.258 e. The zero-order valence-corrected chi connectivity index (χ0v) is 11.2. The van der Waals surface area contributed by atoms with Gasteiger partial charge in [-0.3, -0.25) is 0 Å². The number of benzene rings is 1. The maximum absolute atomic E-state index is 5.79. The second-order valence-corrected chi connectivity index (χ2v) is 5.21. The Bertz CT molecular complexity index is 544. The van der Waals surface area contributed by atoms with E-state index in [2.05, 4.69) is 26.1 Å². The highest BCUT2D eigenvalue weighted by molar-refractivity contribution is 9.10. The van der Waals surface area contributed by atoms with Gasteiger partial charge in [-0.25, -0.2) is 0 Å². The molecule has 0 aliphatic carbocycles. The van der Waals surface area contributed by atoms with Crippen molar-refractivity contribution in [3.63, 3.8) is 0 Å². The summed E-state index contributed by atoms with van der Waals surface area (Å²) in [6.07, 6.45) is 0.944. The van der Waals surface area contributed by atoms with Crippen molar-refractivity contribution in [1.29, 1.82) is 0 Å². The van der Waals surface area contributed by atoms with Gasteiger partial charge in [0.1, 0.15) is 0 Å². The van der Waals surface area contributed by atoms with Gasteiger partial charge in [-0.05, 0) is 24.6 Å². The maximum atomic E-state index is 5.79. The average Bonchev–Trinajstić information content (AvgIpc) is 2.99. The second kappa shape index (κ2) is 4.70. The topological polar surface area (TPSA) is 74.2 Å². The molecule has 1 aliphatic heterocycles. The van der Waals surface area contributed by atoms with Gasteiger partial charge in [0.25, 0.3) is 5.89 Å². The minimum absolute atomic E-state index is 0.243. The molecule has 1 fully saturated rings. The molecule has 0 radical (unpaired) electrons. The predicted molar refractivity (Wildman–Crippen MR) is 70.0 cm³/mol. The van der Waals surface area contributed by atoms with Gasteiger partial charge in [0.15, 0.2) is 5.82 Å². The zero-order valence-electron chi connectivity index (χ0n) is 9.60. The fourth-order valence-corrected chi connectivity index (χ4v) is 2.50. The first-order valence-electron chi connectivity index (χ1n) is 5.70. The number of aromatic nitrogens is 2. The third-order valence-electron chi connectivity index (χ3n) is 2.90. The van der Waals surface area contributed by atoms with Crippen LogP contribution in [0.15, 0.2) is 27.2 Å². The van der Waals surface area contributed by atoms with E-state index < -0.39 is 0 Å². The number of ether oxygens (including phenoxy) is 1. The fraction of sp³-hybridized carbons (Fsp3) is 0.333. The molecule has 1 saturated heterocycles. The molecule has 1 atom stereocenters. The molecule has 1 unspecified atom stereocenters. The molecular weight excluding hydrogens is 298 g/mol. The van der Waals surface area contributed by atoms with E-state index in [9.17, 15) is 0 Å². The summed E-state index contributed by atoms with van der Waals surface area (Å²) in [5.74, 6) is 1.44. The summed E-state index contributed by atoms with van der Waals surface area (Å²) >= 11 is 3.39. The second-order valence-electron chi connectivity index (χ2n) is 4.29. The van der Waals surface area contributed by atoms with E-state index in [4.69, 9.17) is 15.0 Å². The van der Waals surface area contributed by atoms with Gasteiger partial charge in [0.2, 0.25) is 0 Å². The van der Waals surface area contributed by atoms with Crippen LogP contribution in [0.3, 0.4) is 0 Å². The van der Waals surface area contributed by atoms with E-state index in [1.54, 1.807) is 0 Å². The van der Waals surface area contributed by atoms with Crippen LogP contribution in [0.5, 0.6) is 0 Å². The molecule has 94 valence electrons. The monoisotopic (exact) mass is 309 g/mol. The highest BCUT2D eigenvalue weighted by atomic mass is 79.9. The van der Waals surface area contributed by atoms with Crippen LogP contribution in [0.1, 0.15) is 18.2 Å². The quantitative estimate of drug-likeness (QED) is 0.863. The van der Waals surface area contributed by atoms with E-state index >= 15 is 0 Å². The van der Waals surface area contributed by atoms with Gasteiger partial charge < -0.3 is 15.0 Å². The van der Waals surface area contributed by atoms with E-state index in [0.717, 1.165) is 23.1 Å². The summed E-state index contributed by atoms with van der Waals surface area (Å²) in [4.78, 5) is 4.41. The first-order valence-corrected chi connectivity index (χ1v) is 6.49. The lowest BCUT2D eigenvalue weighted by molar-refractivity contribution is 0.192. The van der Waals surface area contributed by atoms with Gasteiger partial charge in [-0.2, -0.15) is 4.98 Å². The van der Waals surface area contributed by atoms with Gasteiger partial charge in [0, 0.05) is 28.2 Å². The number of nitrogens with two attached hydrogens (primary N) is 1. The Morgan fingerprint density at radius 3 is 2.94 bits per heavy atom. The third-order valence-corrected chi connectivity index (χ3v) is 3.36. The molecule has 0 bridgehead atoms. The predicted octanol–water partition coefficient (Wildman–Crippen LogP) is 2.59. The van der Waals surface area contributed by atoms with Crippen LogP contribution in [0, 0.1) is 0 Å². The fourth-order valence-electron chi connectivity index (χ4n) is 1.99. The van der Waals surface area contributed by atoms with Gasteiger partial charge in [0.05, 0.1) is 6.61 Å². The Hall–Kier alpha value is -1.40. The van der Waals surface area contributed by atoms with Gasteiger partial charge in [-0.15, -0.1) is 0 Å². The van der Waals surface area contributed by atoms with Crippen LogP contribution in [-0.2, 0) is 4.74 Å². The summed E-state index contributed by atoms with van der Waals surface area (Å²) in [5, 5.41) is 4.01. The molecule has 1 aliphatic rings. The number of nitrogens with zero attached hydrogens (tertiary/aromatic N) is 2. The first-order chi connectivity index (χ1) is 8.72. The number of anilines is 1. The average molecular weight is 310 g/mol. The molecule has 1 aromatic heterocycles. The third kappa shape index (κ3) is 2.26. The summed E-state index contributed by atoms with van der Waals surface area (Å²) < 4.78 is 11.5. The molecule has 1 aromatic carbocycles. The smallest absolute Gasteiger partial charge is 0.258 e. The van der Waals surface area contributed by atoms with Crippen LogP contribution in [-0.4, -0.2) is 23.4 Å². The SMILES string of the molecule is Nc1cc(Br)cc(-c2nc(C3CCOC3)no2)c1. The molecule has 0 spiro atoms. The molecule has 2 aromatic rings. The number of rotatable bonds is 2. The zero-order chi connectivity index (χ0) is 12.5. The van der Waals surface area contributed by atoms with Crippen LogP contribution in [0.2, 0.25) is 0 Å². The first kappa shape index (κ1) is 11.7. The highest BCUT2D eigenvalue weighted by Crippen LogP contribution is 2.28. The van der Waals surface area contributed by atoms with E-state index in [-0.39, 0.29) is 5.92 Å². The lowest BCUT2D eigenvalue weighted by atomic mass is 10.1. The molecule has 0 amide bonds. The van der Waals surface area contributed by atoms with Crippen molar-refractivity contribution in [2.45, 2.75) is 12.3 Å². The Morgan fingerprint density at radius 2 is 2.22 bits per heavy atom. The number of halogens is 1. The molecule has 0 saturated carbocycles. The molecule has 2 N–H and O–H groups in total. The summed E-state index contributed by atoms with van der Waals surface area (Å²) in [7, 11) is 0. The number of nitrogen functional groups attached to an aromatic ring is 1. The van der Waals surface area contributed by atoms with Crippen LogP contribution >= 0.6 is 15.9 Å². The van der Waals surface area contributed by atoms with Crippen LogP contribution in [0.25, 0.3) is 11.5 Å². The molecule has 18 heavy (non-hydrogen) atoms. The van der Waals surface area contributed by atoms with E-state index in [1.165, 1.54) is 0 Å². The number of hydrogen-bond donors (Lipinski definition) is 1. The molecule has 3 rings (SSSR count). The van der Waals surface area contributed by atoms with Crippen molar-refractivity contribution in [2.24, 2.45) is 0 Å². The van der Waals surface area contributed by atoms with Crippen molar-refractivity contribution in [3.8, 4) is 11.5 Å². The lowest BCUT2D eigenvalue weighted by Gasteiger charge is -1.99. The summed E-state index contributed by atoms with van der Waals surface area (Å²) in [5.41, 5.74) is 7.26. The van der Waals surface area contributed by atoms with E-state index in [0.29, 0.717) is 24.0 Å². The Balaban J connectivity index is 1.92. The Labute approximate surface area is 112 Å². The molecule has 6 heteroatoms. The molecule has 2 heterocycles. The molecule has 5 nitrogen and oxygen atoms in total. The van der Waals surface area contributed by atoms with Crippen molar-refractivity contribution in [3.05, 3.63) is 28.5 Å². The standard InChI is InChI=1S/C12H12BrN3O2/c13-9-3-8(4-10(14)5-9)12-15-11(16-18-12)7-1-2-17-6-7/h3-5,7H,1-2,6,14H2. The largest absolute Gasteiger partial charge is 0.399 e. The summed E-state index contributed by atoms with van der Waals surface area (Å²) in [6, 6.07) is 5.54. The van der Waals surface area contributed by atoms with E-state index in [1.807, 2.05) is 18.2 Å². The molecular formula is C12H12BrN3O2. The van der Waals surface area contributed by atoms with Crippen LogP contribution in [0.4, 0.5) is 5.69 Å². The Morgan fingerprint density at radius 1 is 1.33 bits per heavy atom. The van der Waals surface area contributed by atoms with Crippen molar-refractivity contribution < 1.29 is 9.26 Å². The van der Waals surface area contributed by atoms with Gasteiger partial charge >= 0.3 is 0 Å². The Kier molecular flexibility index (Phi) is 3.05. The minimum atomic E-state index is 0.243.